The summed E-state index contributed by atoms with van der Waals surface area (Å²) >= 11 is 0. The number of nitro groups is 1. The Morgan fingerprint density at radius 1 is 1.38 bits per heavy atom. The fourth-order valence-electron chi connectivity index (χ4n) is 1.67. The first kappa shape index (κ1) is 10.4. The van der Waals surface area contributed by atoms with Crippen LogP contribution in [0.5, 0.6) is 0 Å². The molecule has 2 rings (SSSR count). The molecule has 0 saturated carbocycles. The summed E-state index contributed by atoms with van der Waals surface area (Å²) in [5.41, 5.74) is 1.15. The van der Waals surface area contributed by atoms with Crippen molar-refractivity contribution in [3.8, 4) is 0 Å². The number of hydrogen-bond acceptors (Lipinski definition) is 4. The van der Waals surface area contributed by atoms with E-state index >= 15 is 0 Å². The van der Waals surface area contributed by atoms with Gasteiger partial charge in [0.15, 0.2) is 0 Å². The Bertz CT molecular complexity index is 527. The van der Waals surface area contributed by atoms with E-state index in [0.29, 0.717) is 11.3 Å². The minimum Gasteiger partial charge on any atom is -0.422 e. The summed E-state index contributed by atoms with van der Waals surface area (Å²) in [7, 11) is 0. The third-order valence-electron chi connectivity index (χ3n) is 2.34. The zero-order valence-corrected chi connectivity index (χ0v) is 8.81. The summed E-state index contributed by atoms with van der Waals surface area (Å²) in [5, 5.41) is 10.8. The number of allylic oxidation sites excluding steroid dienone is 1. The molecule has 0 bridgehead atoms. The van der Waals surface area contributed by atoms with Gasteiger partial charge in [0.25, 0.3) is 5.69 Å². The van der Waals surface area contributed by atoms with E-state index in [9.17, 15) is 14.9 Å². The van der Waals surface area contributed by atoms with E-state index in [1.807, 2.05) is 0 Å². The minimum atomic E-state index is -0.654. The van der Waals surface area contributed by atoms with Crippen molar-refractivity contribution < 1.29 is 14.5 Å². The highest BCUT2D eigenvalue weighted by Crippen LogP contribution is 2.36. The Morgan fingerprint density at radius 3 is 2.62 bits per heavy atom. The summed E-state index contributed by atoms with van der Waals surface area (Å²) in [6, 6.07) is 4.49. The van der Waals surface area contributed by atoms with Gasteiger partial charge in [0, 0.05) is 11.6 Å². The van der Waals surface area contributed by atoms with Gasteiger partial charge < -0.3 is 4.74 Å². The van der Waals surface area contributed by atoms with Crippen molar-refractivity contribution in [1.82, 2.24) is 0 Å². The van der Waals surface area contributed by atoms with Crippen LogP contribution in [-0.4, -0.2) is 10.9 Å². The van der Waals surface area contributed by atoms with Gasteiger partial charge in [-0.2, -0.15) is 0 Å². The summed E-state index contributed by atoms with van der Waals surface area (Å²) in [6.45, 7) is 3.58. The first-order chi connectivity index (χ1) is 7.52. The molecule has 1 heterocycles. The maximum atomic E-state index is 11.5. The van der Waals surface area contributed by atoms with Crippen molar-refractivity contribution in [2.45, 2.75) is 13.8 Å². The predicted molar refractivity (Wildman–Crippen MR) is 56.8 cm³/mol. The molecular weight excluding hydrogens is 210 g/mol. The molecule has 1 aliphatic heterocycles. The van der Waals surface area contributed by atoms with E-state index in [2.05, 4.69) is 0 Å². The van der Waals surface area contributed by atoms with Crippen LogP contribution in [0.25, 0.3) is 5.76 Å². The normalized spacial score (nSPS) is 13.4. The van der Waals surface area contributed by atoms with Crippen LogP contribution in [-0.2, 0) is 4.74 Å². The summed E-state index contributed by atoms with van der Waals surface area (Å²) in [4.78, 5) is 21.7. The molecular formula is C11H9NO4. The van der Waals surface area contributed by atoms with E-state index in [4.69, 9.17) is 4.74 Å². The number of benzene rings is 1. The van der Waals surface area contributed by atoms with Gasteiger partial charge in [0.2, 0.25) is 0 Å². The zero-order chi connectivity index (χ0) is 11.9. The van der Waals surface area contributed by atoms with E-state index in [0.717, 1.165) is 5.57 Å². The summed E-state index contributed by atoms with van der Waals surface area (Å²) < 4.78 is 5.02. The van der Waals surface area contributed by atoms with E-state index in [-0.39, 0.29) is 11.3 Å². The average molecular weight is 219 g/mol. The smallest absolute Gasteiger partial charge is 0.351 e. The maximum Gasteiger partial charge on any atom is 0.351 e. The molecule has 0 aromatic heterocycles. The minimum absolute atomic E-state index is 0.0451. The van der Waals surface area contributed by atoms with Crippen molar-refractivity contribution in [1.29, 1.82) is 0 Å². The van der Waals surface area contributed by atoms with Gasteiger partial charge in [0.05, 0.1) is 4.92 Å². The van der Waals surface area contributed by atoms with E-state index in [1.54, 1.807) is 26.0 Å². The van der Waals surface area contributed by atoms with Crippen molar-refractivity contribution in [2.75, 3.05) is 0 Å². The van der Waals surface area contributed by atoms with Crippen LogP contribution in [0.15, 0.2) is 23.8 Å². The number of carbonyl (C=O) groups excluding carboxylic acids is 1. The lowest BCUT2D eigenvalue weighted by atomic mass is 10.0. The lowest BCUT2D eigenvalue weighted by Crippen LogP contribution is -2.00. The predicted octanol–water partition coefficient (Wildman–Crippen LogP) is 2.52. The van der Waals surface area contributed by atoms with Gasteiger partial charge in [-0.05, 0) is 25.5 Å². The fourth-order valence-corrected chi connectivity index (χ4v) is 1.67. The van der Waals surface area contributed by atoms with Crippen LogP contribution >= 0.6 is 0 Å². The quantitative estimate of drug-likeness (QED) is 0.413. The van der Waals surface area contributed by atoms with Gasteiger partial charge in [-0.1, -0.05) is 6.07 Å². The van der Waals surface area contributed by atoms with Crippen molar-refractivity contribution in [3.05, 3.63) is 45.0 Å². The highest BCUT2D eigenvalue weighted by molar-refractivity contribution is 6.06. The number of nitrogens with zero attached hydrogens (tertiary/aromatic N) is 1. The zero-order valence-electron chi connectivity index (χ0n) is 8.81. The van der Waals surface area contributed by atoms with Crippen molar-refractivity contribution in [3.63, 3.8) is 0 Å². The second-order valence-electron chi connectivity index (χ2n) is 3.68. The molecule has 0 atom stereocenters. The maximum absolute atomic E-state index is 11.5. The first-order valence-corrected chi connectivity index (χ1v) is 4.70. The highest BCUT2D eigenvalue weighted by atomic mass is 16.6. The number of nitro benzene ring substituents is 1. The molecule has 0 aliphatic carbocycles. The molecule has 0 saturated heterocycles. The molecule has 0 amide bonds. The Morgan fingerprint density at radius 2 is 2.06 bits per heavy atom. The molecule has 16 heavy (non-hydrogen) atoms. The lowest BCUT2D eigenvalue weighted by Gasteiger charge is -1.99. The SMILES string of the molecule is CC(C)=C1OC(=O)c2c1cccc2[N+](=O)[O-]. The van der Waals surface area contributed by atoms with Gasteiger partial charge in [-0.25, -0.2) is 4.79 Å². The van der Waals surface area contributed by atoms with Crippen LogP contribution in [0.1, 0.15) is 29.8 Å². The van der Waals surface area contributed by atoms with Gasteiger partial charge in [-0.3, -0.25) is 10.1 Å². The topological polar surface area (TPSA) is 69.4 Å². The first-order valence-electron chi connectivity index (χ1n) is 4.70. The van der Waals surface area contributed by atoms with Crippen LogP contribution in [0.4, 0.5) is 5.69 Å². The molecule has 82 valence electrons. The highest BCUT2D eigenvalue weighted by Gasteiger charge is 2.34. The van der Waals surface area contributed by atoms with Crippen LogP contribution in [0.2, 0.25) is 0 Å². The molecule has 5 nitrogen and oxygen atoms in total. The number of cyclic esters (lactones) is 1. The standard InChI is InChI=1S/C11H9NO4/c1-6(2)10-7-4-3-5-8(12(14)15)9(7)11(13)16-10/h3-5H,1-2H3. The summed E-state index contributed by atoms with van der Waals surface area (Å²) in [5.74, 6) is -0.234. The Balaban J connectivity index is 2.75. The largest absolute Gasteiger partial charge is 0.422 e. The van der Waals surface area contributed by atoms with Crippen molar-refractivity contribution in [2.24, 2.45) is 0 Å². The fraction of sp³-hybridized carbons (Fsp3) is 0.182. The average Bonchev–Trinajstić information content (AvgIpc) is 2.56. The third kappa shape index (κ3) is 1.37. The molecule has 0 fully saturated rings. The molecule has 1 aliphatic rings. The van der Waals surface area contributed by atoms with Crippen LogP contribution in [0.3, 0.4) is 0 Å². The second-order valence-corrected chi connectivity index (χ2v) is 3.68. The van der Waals surface area contributed by atoms with E-state index < -0.39 is 10.9 Å². The van der Waals surface area contributed by atoms with Gasteiger partial charge in [-0.15, -0.1) is 0 Å². The molecule has 0 spiro atoms. The Kier molecular flexibility index (Phi) is 2.23. The Hall–Kier alpha value is -2.17. The summed E-state index contributed by atoms with van der Waals surface area (Å²) in [6.07, 6.45) is 0. The Labute approximate surface area is 91.5 Å². The number of ether oxygens (including phenoxy) is 1. The lowest BCUT2D eigenvalue weighted by molar-refractivity contribution is -0.385. The third-order valence-corrected chi connectivity index (χ3v) is 2.34. The molecule has 1 aromatic rings. The number of rotatable bonds is 1. The van der Waals surface area contributed by atoms with E-state index in [1.165, 1.54) is 6.07 Å². The molecule has 5 heteroatoms. The molecule has 0 unspecified atom stereocenters. The van der Waals surface area contributed by atoms with Crippen LogP contribution in [0, 0.1) is 10.1 Å². The molecule has 0 N–H and O–H groups in total. The molecule has 1 aromatic carbocycles. The number of esters is 1. The van der Waals surface area contributed by atoms with Gasteiger partial charge in [0.1, 0.15) is 11.3 Å². The van der Waals surface area contributed by atoms with Crippen LogP contribution < -0.4 is 0 Å². The second kappa shape index (κ2) is 3.44. The number of hydrogen-bond donors (Lipinski definition) is 0. The van der Waals surface area contributed by atoms with Gasteiger partial charge >= 0.3 is 5.97 Å². The monoisotopic (exact) mass is 219 g/mol. The van der Waals surface area contributed by atoms with Crippen molar-refractivity contribution >= 4 is 17.4 Å². The molecule has 0 radical (unpaired) electrons. The number of carbonyl (C=O) groups is 1. The number of fused-ring (bicyclic) bond motifs is 1.